The van der Waals surface area contributed by atoms with Crippen LogP contribution >= 0.6 is 0 Å². The summed E-state index contributed by atoms with van der Waals surface area (Å²) in [7, 11) is 1.62. The smallest absolute Gasteiger partial charge is 0.306 e. The summed E-state index contributed by atoms with van der Waals surface area (Å²) in [5.41, 5.74) is 2.27. The maximum atomic E-state index is 14.3. The summed E-state index contributed by atoms with van der Waals surface area (Å²) in [5.74, 6) is 0.632. The van der Waals surface area contributed by atoms with Gasteiger partial charge in [0.05, 0.1) is 43.1 Å². The number of nitrogens with zero attached hydrogens (tertiary/aromatic N) is 3. The van der Waals surface area contributed by atoms with Crippen molar-refractivity contribution in [1.82, 2.24) is 14.9 Å². The zero-order valence-corrected chi connectivity index (χ0v) is 25.5. The quantitative estimate of drug-likeness (QED) is 0.341. The number of esters is 1. The van der Waals surface area contributed by atoms with E-state index in [4.69, 9.17) is 24.2 Å². The Morgan fingerprint density at radius 3 is 2.47 bits per heavy atom. The monoisotopic (exact) mass is 591 g/mol. The van der Waals surface area contributed by atoms with Gasteiger partial charge < -0.3 is 23.9 Å². The SMILES string of the molecule is CC[C@@H]1[C@@H]2CN(C(=O)[C@H](C3CCCCC3)CC(=O)O[C@@H]3C[C@H]3CCCCCc3nc4ccc(OC)cc4nc3O2)[C@@H]1C=O. The lowest BCUT2D eigenvalue weighted by Gasteiger charge is -2.33. The van der Waals surface area contributed by atoms with E-state index < -0.39 is 18.1 Å². The predicted molar refractivity (Wildman–Crippen MR) is 161 cm³/mol. The van der Waals surface area contributed by atoms with Crippen LogP contribution in [0.2, 0.25) is 0 Å². The van der Waals surface area contributed by atoms with E-state index in [1.165, 1.54) is 0 Å². The fourth-order valence-electron chi connectivity index (χ4n) is 7.67. The van der Waals surface area contributed by atoms with Gasteiger partial charge in [-0.1, -0.05) is 39.0 Å². The molecule has 3 heterocycles. The Hall–Kier alpha value is -3.23. The van der Waals surface area contributed by atoms with E-state index >= 15 is 0 Å². The molecule has 6 atom stereocenters. The Balaban J connectivity index is 1.34. The average molecular weight is 592 g/mol. The van der Waals surface area contributed by atoms with Crippen molar-refractivity contribution in [2.75, 3.05) is 13.7 Å². The van der Waals surface area contributed by atoms with Crippen LogP contribution < -0.4 is 9.47 Å². The second-order valence-corrected chi connectivity index (χ2v) is 13.0. The Morgan fingerprint density at radius 2 is 1.72 bits per heavy atom. The van der Waals surface area contributed by atoms with Crippen LogP contribution in [0.25, 0.3) is 11.0 Å². The molecule has 43 heavy (non-hydrogen) atoms. The first kappa shape index (κ1) is 29.8. The minimum absolute atomic E-state index is 0.0276. The zero-order valence-electron chi connectivity index (χ0n) is 25.5. The molecule has 3 fully saturated rings. The summed E-state index contributed by atoms with van der Waals surface area (Å²) in [4.78, 5) is 51.6. The fraction of sp³-hybridized carbons (Fsp3) is 0.676. The number of hydrogen-bond acceptors (Lipinski definition) is 8. The topological polar surface area (TPSA) is 108 Å². The van der Waals surface area contributed by atoms with Crippen molar-refractivity contribution < 1.29 is 28.6 Å². The Labute approximate surface area is 254 Å². The number of rotatable bonds is 4. The van der Waals surface area contributed by atoms with Gasteiger partial charge in [-0.15, -0.1) is 0 Å². The largest absolute Gasteiger partial charge is 0.497 e. The highest BCUT2D eigenvalue weighted by atomic mass is 16.5. The third-order valence-electron chi connectivity index (χ3n) is 10.3. The van der Waals surface area contributed by atoms with Gasteiger partial charge in [-0.2, -0.15) is 0 Å². The number of fused-ring (bicyclic) bond motifs is 5. The van der Waals surface area contributed by atoms with Crippen LogP contribution in [0.1, 0.15) is 89.7 Å². The molecule has 9 nitrogen and oxygen atoms in total. The lowest BCUT2D eigenvalue weighted by atomic mass is 9.77. The molecular weight excluding hydrogens is 546 g/mol. The molecule has 2 aromatic rings. The highest BCUT2D eigenvalue weighted by Crippen LogP contribution is 2.41. The third kappa shape index (κ3) is 6.50. The number of benzene rings is 1. The Morgan fingerprint density at radius 1 is 0.953 bits per heavy atom. The number of aldehydes is 1. The van der Waals surface area contributed by atoms with Crippen LogP contribution in [-0.4, -0.2) is 64.9 Å². The number of carbonyl (C=O) groups excluding carboxylic acids is 3. The average Bonchev–Trinajstić information content (AvgIpc) is 3.66. The number of aryl methyl sites for hydroxylation is 1. The first-order chi connectivity index (χ1) is 21.0. The van der Waals surface area contributed by atoms with Gasteiger partial charge >= 0.3 is 5.97 Å². The van der Waals surface area contributed by atoms with Crippen LogP contribution in [0.3, 0.4) is 0 Å². The molecule has 2 aliphatic heterocycles. The highest BCUT2D eigenvalue weighted by Gasteiger charge is 2.48. The molecule has 0 unspecified atom stereocenters. The van der Waals surface area contributed by atoms with E-state index in [1.807, 2.05) is 25.1 Å². The number of carbonyl (C=O) groups is 3. The first-order valence-electron chi connectivity index (χ1n) is 16.5. The van der Waals surface area contributed by atoms with Gasteiger partial charge in [-0.05, 0) is 68.9 Å². The second-order valence-electron chi connectivity index (χ2n) is 13.0. The Kier molecular flexibility index (Phi) is 9.14. The third-order valence-corrected chi connectivity index (χ3v) is 10.3. The van der Waals surface area contributed by atoms with E-state index in [0.29, 0.717) is 29.5 Å². The van der Waals surface area contributed by atoms with Crippen molar-refractivity contribution in [1.29, 1.82) is 0 Å². The predicted octanol–water partition coefficient (Wildman–Crippen LogP) is 5.46. The normalized spacial score (nSPS) is 30.8. The summed E-state index contributed by atoms with van der Waals surface area (Å²) in [6.45, 7) is 2.31. The molecule has 6 rings (SSSR count). The van der Waals surface area contributed by atoms with Crippen molar-refractivity contribution in [3.05, 3.63) is 23.9 Å². The minimum atomic E-state index is -0.614. The number of amides is 1. The van der Waals surface area contributed by atoms with Gasteiger partial charge in [0.25, 0.3) is 0 Å². The summed E-state index contributed by atoms with van der Waals surface area (Å²) in [6, 6.07) is 5.04. The van der Waals surface area contributed by atoms with Gasteiger partial charge in [0.1, 0.15) is 29.9 Å². The first-order valence-corrected chi connectivity index (χ1v) is 16.5. The van der Waals surface area contributed by atoms with E-state index in [1.54, 1.807) is 12.0 Å². The van der Waals surface area contributed by atoms with Crippen molar-refractivity contribution >= 4 is 29.2 Å². The fourth-order valence-corrected chi connectivity index (χ4v) is 7.67. The molecular formula is C34H45N3O6. The molecule has 1 aromatic heterocycles. The summed E-state index contributed by atoms with van der Waals surface area (Å²) in [5, 5.41) is 0. The molecule has 2 bridgehead atoms. The molecule has 1 saturated heterocycles. The molecule has 232 valence electrons. The van der Waals surface area contributed by atoms with Crippen LogP contribution in [0, 0.1) is 23.7 Å². The molecule has 0 N–H and O–H groups in total. The molecule has 4 aliphatic rings. The molecule has 9 heteroatoms. The van der Waals surface area contributed by atoms with Gasteiger partial charge in [0.2, 0.25) is 11.8 Å². The highest BCUT2D eigenvalue weighted by molar-refractivity contribution is 5.87. The van der Waals surface area contributed by atoms with Crippen LogP contribution in [-0.2, 0) is 25.5 Å². The summed E-state index contributed by atoms with van der Waals surface area (Å²) < 4.78 is 18.0. The summed E-state index contributed by atoms with van der Waals surface area (Å²) >= 11 is 0. The maximum Gasteiger partial charge on any atom is 0.306 e. The maximum absolute atomic E-state index is 14.3. The van der Waals surface area contributed by atoms with E-state index in [-0.39, 0.29) is 42.8 Å². The molecule has 1 amide bonds. The second kappa shape index (κ2) is 13.2. The molecule has 2 saturated carbocycles. The molecule has 1 aromatic carbocycles. The van der Waals surface area contributed by atoms with Crippen molar-refractivity contribution in [2.45, 2.75) is 109 Å². The molecule has 0 radical (unpaired) electrons. The molecule has 0 spiro atoms. The zero-order chi connectivity index (χ0) is 29.9. The van der Waals surface area contributed by atoms with Crippen molar-refractivity contribution in [3.63, 3.8) is 0 Å². The number of hydrogen-bond donors (Lipinski definition) is 0. The van der Waals surface area contributed by atoms with Gasteiger partial charge in [-0.25, -0.2) is 9.97 Å². The van der Waals surface area contributed by atoms with Gasteiger partial charge in [-0.3, -0.25) is 9.59 Å². The van der Waals surface area contributed by atoms with E-state index in [9.17, 15) is 14.4 Å². The van der Waals surface area contributed by atoms with Crippen LogP contribution in [0.5, 0.6) is 11.6 Å². The number of methoxy groups -OCH3 is 1. The van der Waals surface area contributed by atoms with E-state index in [2.05, 4.69) is 0 Å². The standard InChI is InChI=1S/C34H45N3O6/c1-3-24-29(20-38)37-19-31(24)43-33-27(35-26-15-14-23(41-2)17-28(26)36-33)13-9-5-8-12-22-16-30(22)42-32(39)18-25(34(37)40)21-10-6-4-7-11-21/h14-15,17,20-22,24-25,29-31H,3-13,16,18-19H2,1-2H3/t22-,24+,25+,29-,30-,31+/m1/s1. The number of ether oxygens (including phenoxy) is 3. The Bertz CT molecular complexity index is 1330. The lowest BCUT2D eigenvalue weighted by Crippen LogP contribution is -2.45. The van der Waals surface area contributed by atoms with Crippen LogP contribution in [0.15, 0.2) is 18.2 Å². The van der Waals surface area contributed by atoms with Crippen molar-refractivity contribution in [2.24, 2.45) is 23.7 Å². The van der Waals surface area contributed by atoms with Crippen LogP contribution in [0.4, 0.5) is 0 Å². The number of aromatic nitrogens is 2. The van der Waals surface area contributed by atoms with Gasteiger partial charge in [0, 0.05) is 12.0 Å². The molecule has 2 aliphatic carbocycles. The minimum Gasteiger partial charge on any atom is -0.497 e. The van der Waals surface area contributed by atoms with Crippen molar-refractivity contribution in [3.8, 4) is 11.6 Å². The van der Waals surface area contributed by atoms with Gasteiger partial charge in [0.15, 0.2) is 0 Å². The lowest BCUT2D eigenvalue weighted by molar-refractivity contribution is -0.152. The summed E-state index contributed by atoms with van der Waals surface area (Å²) in [6.07, 6.45) is 12.0. The van der Waals surface area contributed by atoms with E-state index in [0.717, 1.165) is 88.1 Å².